The molecule has 10 heavy (non-hydrogen) atoms. The molecule has 0 aromatic rings. The fourth-order valence-electron chi connectivity index (χ4n) is 0.530. The summed E-state index contributed by atoms with van der Waals surface area (Å²) in [6.45, 7) is 13.8. The maximum atomic E-state index is 3.52. The summed E-state index contributed by atoms with van der Waals surface area (Å²) in [5, 5.41) is 3.52. The summed E-state index contributed by atoms with van der Waals surface area (Å²) in [6.07, 6.45) is 1.22. The van der Waals surface area contributed by atoms with Gasteiger partial charge in [-0.05, 0) is 26.9 Å². The second-order valence-electron chi connectivity index (χ2n) is 5.16. The lowest BCUT2D eigenvalue weighted by Crippen LogP contribution is -2.45. The Morgan fingerprint density at radius 1 is 1.10 bits per heavy atom. The van der Waals surface area contributed by atoms with Gasteiger partial charge >= 0.3 is 0 Å². The molecule has 0 atom stereocenters. The Hall–Kier alpha value is 0.177. The molecule has 0 aromatic carbocycles. The van der Waals surface area contributed by atoms with Gasteiger partial charge in [-0.1, -0.05) is 19.6 Å². The molecule has 62 valence electrons. The van der Waals surface area contributed by atoms with Gasteiger partial charge < -0.3 is 5.32 Å². The van der Waals surface area contributed by atoms with E-state index in [1.807, 2.05) is 0 Å². The molecule has 0 saturated heterocycles. The van der Waals surface area contributed by atoms with Crippen LogP contribution in [0, 0.1) is 0 Å². The number of hydrogen-bond acceptors (Lipinski definition) is 1. The normalized spacial score (nSPS) is 13.8. The zero-order valence-corrected chi connectivity index (χ0v) is 9.21. The van der Waals surface area contributed by atoms with Crippen LogP contribution in [0.4, 0.5) is 0 Å². The van der Waals surface area contributed by atoms with Crippen molar-refractivity contribution in [3.05, 3.63) is 0 Å². The number of hydrogen-bond donors (Lipinski definition) is 1. The van der Waals surface area contributed by atoms with Gasteiger partial charge in [0.1, 0.15) is 0 Å². The van der Waals surface area contributed by atoms with E-state index in [0.717, 1.165) is 0 Å². The molecule has 1 N–H and O–H groups in total. The van der Waals surface area contributed by atoms with Crippen molar-refractivity contribution in [3.63, 3.8) is 0 Å². The molecule has 2 heteroatoms. The standard InChI is InChI=1S/C8H21NSi/c1-8(2,3)9-7-10(4,5)6/h9H,7H2,1-6H3. The molecule has 0 spiro atoms. The summed E-state index contributed by atoms with van der Waals surface area (Å²) < 4.78 is 0. The molecule has 0 heterocycles. The third kappa shape index (κ3) is 8.18. The van der Waals surface area contributed by atoms with E-state index in [9.17, 15) is 0 Å². The van der Waals surface area contributed by atoms with Crippen molar-refractivity contribution >= 4 is 8.07 Å². The minimum atomic E-state index is -0.878. The summed E-state index contributed by atoms with van der Waals surface area (Å²) >= 11 is 0. The van der Waals surface area contributed by atoms with Crippen LogP contribution in [0.1, 0.15) is 20.8 Å². The van der Waals surface area contributed by atoms with Crippen molar-refractivity contribution in [3.8, 4) is 0 Å². The molecule has 0 aliphatic carbocycles. The van der Waals surface area contributed by atoms with Crippen LogP contribution in [0.25, 0.3) is 0 Å². The smallest absolute Gasteiger partial charge is 0.0596 e. The fourth-order valence-corrected chi connectivity index (χ4v) is 1.59. The largest absolute Gasteiger partial charge is 0.315 e. The third-order valence-electron chi connectivity index (χ3n) is 1.15. The van der Waals surface area contributed by atoms with Crippen LogP contribution in [0.5, 0.6) is 0 Å². The van der Waals surface area contributed by atoms with Gasteiger partial charge in [-0.25, -0.2) is 0 Å². The molecule has 0 saturated carbocycles. The van der Waals surface area contributed by atoms with Gasteiger partial charge in [0.25, 0.3) is 0 Å². The zero-order valence-electron chi connectivity index (χ0n) is 8.21. The monoisotopic (exact) mass is 159 g/mol. The first kappa shape index (κ1) is 10.2. The molecular weight excluding hydrogens is 138 g/mol. The Morgan fingerprint density at radius 3 is 1.60 bits per heavy atom. The second-order valence-corrected chi connectivity index (χ2v) is 10.6. The molecule has 0 bridgehead atoms. The van der Waals surface area contributed by atoms with E-state index in [2.05, 4.69) is 45.7 Å². The van der Waals surface area contributed by atoms with E-state index < -0.39 is 8.07 Å². The Balaban J connectivity index is 3.56. The van der Waals surface area contributed by atoms with E-state index in [1.165, 1.54) is 6.17 Å². The topological polar surface area (TPSA) is 12.0 Å². The van der Waals surface area contributed by atoms with Crippen molar-refractivity contribution in [1.29, 1.82) is 0 Å². The first-order valence-electron chi connectivity index (χ1n) is 3.96. The molecular formula is C8H21NSi. The second kappa shape index (κ2) is 3.05. The van der Waals surface area contributed by atoms with E-state index in [-0.39, 0.29) is 0 Å². The zero-order chi connectivity index (χ0) is 8.41. The van der Waals surface area contributed by atoms with E-state index in [0.29, 0.717) is 5.54 Å². The number of rotatable bonds is 2. The van der Waals surface area contributed by atoms with Crippen LogP contribution in [-0.2, 0) is 0 Å². The van der Waals surface area contributed by atoms with Crippen molar-refractivity contribution in [2.45, 2.75) is 46.0 Å². The maximum absolute atomic E-state index is 3.52. The Morgan fingerprint density at radius 2 is 1.50 bits per heavy atom. The summed E-state index contributed by atoms with van der Waals surface area (Å²) in [7, 11) is -0.878. The molecule has 0 unspecified atom stereocenters. The van der Waals surface area contributed by atoms with Gasteiger partial charge in [0.2, 0.25) is 0 Å². The average Bonchev–Trinajstić information content (AvgIpc) is 1.57. The summed E-state index contributed by atoms with van der Waals surface area (Å²) in [5.41, 5.74) is 0.292. The minimum Gasteiger partial charge on any atom is -0.315 e. The highest BCUT2D eigenvalue weighted by molar-refractivity contribution is 6.76. The van der Waals surface area contributed by atoms with Gasteiger partial charge in [0, 0.05) is 5.54 Å². The van der Waals surface area contributed by atoms with Crippen molar-refractivity contribution in [1.82, 2.24) is 5.32 Å². The predicted octanol–water partition coefficient (Wildman–Crippen LogP) is 2.25. The van der Waals surface area contributed by atoms with E-state index in [4.69, 9.17) is 0 Å². The molecule has 0 rings (SSSR count). The van der Waals surface area contributed by atoms with Crippen LogP contribution in [-0.4, -0.2) is 19.8 Å². The SMILES string of the molecule is CC(C)(C)NC[Si](C)(C)C. The first-order chi connectivity index (χ1) is 4.21. The van der Waals surface area contributed by atoms with Gasteiger partial charge in [-0.15, -0.1) is 0 Å². The van der Waals surface area contributed by atoms with Crippen molar-refractivity contribution in [2.24, 2.45) is 0 Å². The quantitative estimate of drug-likeness (QED) is 0.609. The van der Waals surface area contributed by atoms with Gasteiger partial charge in [0.05, 0.1) is 8.07 Å². The maximum Gasteiger partial charge on any atom is 0.0596 e. The van der Waals surface area contributed by atoms with Gasteiger partial charge in [-0.2, -0.15) is 0 Å². The first-order valence-corrected chi connectivity index (χ1v) is 7.66. The molecule has 1 nitrogen and oxygen atoms in total. The number of nitrogens with one attached hydrogen (secondary N) is 1. The lowest BCUT2D eigenvalue weighted by molar-refractivity contribution is 0.455. The molecule has 0 aliphatic rings. The Kier molecular flexibility index (Phi) is 3.11. The van der Waals surface area contributed by atoms with E-state index in [1.54, 1.807) is 0 Å². The molecule has 0 fully saturated rings. The molecule has 0 aliphatic heterocycles. The van der Waals surface area contributed by atoms with Crippen LogP contribution in [0.15, 0.2) is 0 Å². The highest BCUT2D eigenvalue weighted by atomic mass is 28.3. The van der Waals surface area contributed by atoms with Crippen LogP contribution >= 0.6 is 0 Å². The van der Waals surface area contributed by atoms with Crippen molar-refractivity contribution in [2.75, 3.05) is 6.17 Å². The van der Waals surface area contributed by atoms with Crippen LogP contribution in [0.2, 0.25) is 19.6 Å². The summed E-state index contributed by atoms with van der Waals surface area (Å²) in [6, 6.07) is 0. The molecule has 0 aromatic heterocycles. The third-order valence-corrected chi connectivity index (χ3v) is 2.39. The minimum absolute atomic E-state index is 0.292. The highest BCUT2D eigenvalue weighted by Gasteiger charge is 2.16. The fraction of sp³-hybridized carbons (Fsp3) is 1.00. The lowest BCUT2D eigenvalue weighted by Gasteiger charge is -2.26. The van der Waals surface area contributed by atoms with E-state index >= 15 is 0 Å². The van der Waals surface area contributed by atoms with Crippen LogP contribution in [0.3, 0.4) is 0 Å². The Labute approximate surface area is 66.2 Å². The average molecular weight is 159 g/mol. The van der Waals surface area contributed by atoms with Gasteiger partial charge in [0.15, 0.2) is 0 Å². The molecule has 0 amide bonds. The summed E-state index contributed by atoms with van der Waals surface area (Å²) in [4.78, 5) is 0. The Bertz CT molecular complexity index is 82.8. The van der Waals surface area contributed by atoms with Crippen LogP contribution < -0.4 is 5.32 Å². The predicted molar refractivity (Wildman–Crippen MR) is 51.1 cm³/mol. The van der Waals surface area contributed by atoms with Crippen molar-refractivity contribution < 1.29 is 0 Å². The molecule has 0 radical (unpaired) electrons. The highest BCUT2D eigenvalue weighted by Crippen LogP contribution is 2.03. The van der Waals surface area contributed by atoms with Gasteiger partial charge in [-0.3, -0.25) is 0 Å². The summed E-state index contributed by atoms with van der Waals surface area (Å²) in [5.74, 6) is 0. The lowest BCUT2D eigenvalue weighted by atomic mass is 10.1.